The van der Waals surface area contributed by atoms with E-state index in [2.05, 4.69) is 0 Å². The molecule has 0 amide bonds. The van der Waals surface area contributed by atoms with Gasteiger partial charge in [-0.2, -0.15) is 0 Å². The van der Waals surface area contributed by atoms with Crippen LogP contribution in [0, 0.1) is 12.7 Å². The van der Waals surface area contributed by atoms with E-state index in [1.54, 1.807) is 20.1 Å². The van der Waals surface area contributed by atoms with Crippen molar-refractivity contribution in [1.29, 1.82) is 0 Å². The summed E-state index contributed by atoms with van der Waals surface area (Å²) in [7, 11) is 1.54. The lowest BCUT2D eigenvalue weighted by molar-refractivity contribution is 0.297. The quantitative estimate of drug-likeness (QED) is 0.774. The molecule has 0 heterocycles. The summed E-state index contributed by atoms with van der Waals surface area (Å²) in [5.41, 5.74) is 1.26. The molecule has 0 aliphatic rings. The molecule has 1 N–H and O–H groups in total. The molecule has 72 valence electrons. The Hall–Kier alpha value is -1.09. The Morgan fingerprint density at radius 3 is 2.69 bits per heavy atom. The van der Waals surface area contributed by atoms with Crippen molar-refractivity contribution >= 4 is 0 Å². The molecule has 0 radical (unpaired) electrons. The fraction of sp³-hybridized carbons (Fsp3) is 0.400. The molecule has 0 saturated heterocycles. The molecular weight excluding hydrogens is 171 g/mol. The van der Waals surface area contributed by atoms with Gasteiger partial charge in [-0.3, -0.25) is 0 Å². The Morgan fingerprint density at radius 2 is 2.15 bits per heavy atom. The third-order valence-corrected chi connectivity index (χ3v) is 1.95. The summed E-state index contributed by atoms with van der Waals surface area (Å²) < 4.78 is 18.2. The Bertz CT molecular complexity index is 297. The topological polar surface area (TPSA) is 29.5 Å². The van der Waals surface area contributed by atoms with Crippen molar-refractivity contribution in [2.45, 2.75) is 13.3 Å². The minimum Gasteiger partial charge on any atom is -0.496 e. The summed E-state index contributed by atoms with van der Waals surface area (Å²) in [6.07, 6.45) is 0.322. The summed E-state index contributed by atoms with van der Waals surface area (Å²) >= 11 is 0. The normalized spacial score (nSPS) is 10.2. The molecule has 13 heavy (non-hydrogen) atoms. The van der Waals surface area contributed by atoms with Crippen molar-refractivity contribution in [3.8, 4) is 5.75 Å². The van der Waals surface area contributed by atoms with Gasteiger partial charge in [-0.25, -0.2) is 4.39 Å². The predicted molar refractivity (Wildman–Crippen MR) is 48.5 cm³/mol. The maximum absolute atomic E-state index is 13.2. The van der Waals surface area contributed by atoms with E-state index in [4.69, 9.17) is 9.84 Å². The lowest BCUT2D eigenvalue weighted by atomic mass is 10.1. The van der Waals surface area contributed by atoms with Crippen LogP contribution in [0.4, 0.5) is 4.39 Å². The van der Waals surface area contributed by atoms with Gasteiger partial charge >= 0.3 is 0 Å². The van der Waals surface area contributed by atoms with Crippen LogP contribution >= 0.6 is 0 Å². The van der Waals surface area contributed by atoms with Gasteiger partial charge in [-0.1, -0.05) is 0 Å². The van der Waals surface area contributed by atoms with E-state index < -0.39 is 0 Å². The smallest absolute Gasteiger partial charge is 0.127 e. The van der Waals surface area contributed by atoms with E-state index in [1.165, 1.54) is 6.07 Å². The molecule has 0 aliphatic carbocycles. The van der Waals surface area contributed by atoms with Gasteiger partial charge < -0.3 is 9.84 Å². The number of methoxy groups -OCH3 is 1. The average Bonchev–Trinajstić information content (AvgIpc) is 2.10. The van der Waals surface area contributed by atoms with Gasteiger partial charge in [0.1, 0.15) is 11.6 Å². The third kappa shape index (κ3) is 2.18. The fourth-order valence-corrected chi connectivity index (χ4v) is 1.23. The first-order chi connectivity index (χ1) is 6.19. The summed E-state index contributed by atoms with van der Waals surface area (Å²) in [5.74, 6) is 0.372. The van der Waals surface area contributed by atoms with Crippen LogP contribution in [0.2, 0.25) is 0 Å². The number of hydrogen-bond acceptors (Lipinski definition) is 2. The fourth-order valence-electron chi connectivity index (χ4n) is 1.23. The Kier molecular flexibility index (Phi) is 3.25. The van der Waals surface area contributed by atoms with Crippen LogP contribution in [0.5, 0.6) is 5.75 Å². The van der Waals surface area contributed by atoms with Crippen molar-refractivity contribution in [2.75, 3.05) is 13.7 Å². The molecule has 0 spiro atoms. The van der Waals surface area contributed by atoms with Gasteiger partial charge in [-0.15, -0.1) is 0 Å². The molecule has 0 bridgehead atoms. The highest BCUT2D eigenvalue weighted by molar-refractivity contribution is 5.37. The SMILES string of the molecule is COc1cc(CCO)c(F)cc1C. The van der Waals surface area contributed by atoms with Gasteiger partial charge in [0, 0.05) is 6.61 Å². The lowest BCUT2D eigenvalue weighted by Crippen LogP contribution is -1.98. The molecule has 1 aromatic rings. The monoisotopic (exact) mass is 184 g/mol. The molecule has 0 atom stereocenters. The lowest BCUT2D eigenvalue weighted by Gasteiger charge is -2.07. The van der Waals surface area contributed by atoms with E-state index in [0.29, 0.717) is 17.7 Å². The number of ether oxygens (including phenoxy) is 1. The number of aryl methyl sites for hydroxylation is 1. The summed E-state index contributed by atoms with van der Waals surface area (Å²) in [5, 5.41) is 8.67. The van der Waals surface area contributed by atoms with Gasteiger partial charge in [-0.05, 0) is 36.6 Å². The molecule has 0 aromatic heterocycles. The summed E-state index contributed by atoms with van der Waals surface area (Å²) in [4.78, 5) is 0. The van der Waals surface area contributed by atoms with Crippen molar-refractivity contribution in [3.05, 3.63) is 29.1 Å². The van der Waals surface area contributed by atoms with Crippen LogP contribution in [0.25, 0.3) is 0 Å². The van der Waals surface area contributed by atoms with Crippen LogP contribution < -0.4 is 4.74 Å². The van der Waals surface area contributed by atoms with Gasteiger partial charge in [0.25, 0.3) is 0 Å². The van der Waals surface area contributed by atoms with Crippen LogP contribution in [-0.4, -0.2) is 18.8 Å². The van der Waals surface area contributed by atoms with Crippen LogP contribution in [0.3, 0.4) is 0 Å². The maximum Gasteiger partial charge on any atom is 0.127 e. The molecule has 3 heteroatoms. The molecule has 0 unspecified atom stereocenters. The molecule has 2 nitrogen and oxygen atoms in total. The molecule has 0 saturated carbocycles. The third-order valence-electron chi connectivity index (χ3n) is 1.95. The predicted octanol–water partition coefficient (Wildman–Crippen LogP) is 1.68. The van der Waals surface area contributed by atoms with Crippen molar-refractivity contribution in [1.82, 2.24) is 0 Å². The maximum atomic E-state index is 13.2. The Balaban J connectivity index is 3.06. The molecule has 0 fully saturated rings. The van der Waals surface area contributed by atoms with E-state index in [0.717, 1.165) is 5.56 Å². The van der Waals surface area contributed by atoms with Crippen LogP contribution in [0.15, 0.2) is 12.1 Å². The van der Waals surface area contributed by atoms with Crippen molar-refractivity contribution in [3.63, 3.8) is 0 Å². The zero-order valence-electron chi connectivity index (χ0n) is 7.80. The second-order valence-corrected chi connectivity index (χ2v) is 2.89. The van der Waals surface area contributed by atoms with E-state index in [1.807, 2.05) is 0 Å². The zero-order chi connectivity index (χ0) is 9.84. The van der Waals surface area contributed by atoms with E-state index >= 15 is 0 Å². The number of aliphatic hydroxyl groups excluding tert-OH is 1. The first-order valence-corrected chi connectivity index (χ1v) is 4.13. The highest BCUT2D eigenvalue weighted by atomic mass is 19.1. The standard InChI is InChI=1S/C10H13FO2/c1-7-5-9(11)8(3-4-12)6-10(7)13-2/h5-6,12H,3-4H2,1-2H3. The minimum atomic E-state index is -0.285. The first kappa shape index (κ1) is 9.99. The first-order valence-electron chi connectivity index (χ1n) is 4.13. The molecule has 0 aliphatic heterocycles. The van der Waals surface area contributed by atoms with Crippen LogP contribution in [-0.2, 0) is 6.42 Å². The van der Waals surface area contributed by atoms with Gasteiger partial charge in [0.15, 0.2) is 0 Å². The van der Waals surface area contributed by atoms with Gasteiger partial charge in [0.05, 0.1) is 7.11 Å². The van der Waals surface area contributed by atoms with Crippen molar-refractivity contribution < 1.29 is 14.2 Å². The number of aliphatic hydroxyl groups is 1. The number of benzene rings is 1. The number of hydrogen-bond donors (Lipinski definition) is 1. The minimum absolute atomic E-state index is 0.0524. The zero-order valence-corrected chi connectivity index (χ0v) is 7.80. The molecule has 1 rings (SSSR count). The average molecular weight is 184 g/mol. The van der Waals surface area contributed by atoms with E-state index in [-0.39, 0.29) is 12.4 Å². The van der Waals surface area contributed by atoms with Crippen molar-refractivity contribution in [2.24, 2.45) is 0 Å². The van der Waals surface area contributed by atoms with E-state index in [9.17, 15) is 4.39 Å². The second kappa shape index (κ2) is 4.23. The highest BCUT2D eigenvalue weighted by Crippen LogP contribution is 2.22. The Morgan fingerprint density at radius 1 is 1.46 bits per heavy atom. The second-order valence-electron chi connectivity index (χ2n) is 2.89. The van der Waals surface area contributed by atoms with Crippen LogP contribution in [0.1, 0.15) is 11.1 Å². The summed E-state index contributed by atoms with van der Waals surface area (Å²) in [6, 6.07) is 3.05. The number of rotatable bonds is 3. The molecular formula is C10H13FO2. The largest absolute Gasteiger partial charge is 0.496 e. The molecule has 1 aromatic carbocycles. The Labute approximate surface area is 77.0 Å². The summed E-state index contributed by atoms with van der Waals surface area (Å²) in [6.45, 7) is 1.73. The number of halogens is 1. The highest BCUT2D eigenvalue weighted by Gasteiger charge is 2.06. The van der Waals surface area contributed by atoms with Gasteiger partial charge in [0.2, 0.25) is 0 Å².